The van der Waals surface area contributed by atoms with E-state index in [2.05, 4.69) is 20.9 Å². The molecule has 1 aliphatic heterocycles. The maximum Gasteiger partial charge on any atom is 0.296 e. The summed E-state index contributed by atoms with van der Waals surface area (Å²) < 4.78 is 36.2. The molecule has 10 heteroatoms. The molecule has 0 radical (unpaired) electrons. The third-order valence-corrected chi connectivity index (χ3v) is 9.89. The molecule has 0 bridgehead atoms. The molecular weight excluding hydrogens is 564 g/mol. The Bertz CT molecular complexity index is 1440. The number of carbonyl (C=O) groups is 1. The molecule has 2 aliphatic rings. The number of hydrogen-bond acceptors (Lipinski definition) is 8. The minimum absolute atomic E-state index is 0.0954. The van der Waals surface area contributed by atoms with Crippen LogP contribution >= 0.6 is 0 Å². The molecule has 9 nitrogen and oxygen atoms in total. The smallest absolute Gasteiger partial charge is 0.296 e. The Balaban J connectivity index is 1.13. The molecule has 2 aromatic carbocycles. The molecule has 0 spiro atoms. The zero-order chi connectivity index (χ0) is 30.2. The van der Waals surface area contributed by atoms with Crippen molar-refractivity contribution >= 4 is 27.5 Å². The number of para-hydroxylation sites is 2. The quantitative estimate of drug-likeness (QED) is 0.289. The van der Waals surface area contributed by atoms with Gasteiger partial charge in [0.1, 0.15) is 11.6 Å². The van der Waals surface area contributed by atoms with Gasteiger partial charge in [-0.1, -0.05) is 35.9 Å². The monoisotopic (exact) mass is 606 g/mol. The zero-order valence-corrected chi connectivity index (χ0v) is 25.9. The first-order valence-corrected chi connectivity index (χ1v) is 16.5. The third-order valence-electron chi connectivity index (χ3n) is 8.59. The SMILES string of the molecule is COc1ccccc1N1CCN(CCN(c2ccccn2)C(=O)[C@H]2CC[C@H](COS(=O)(=O)c3ccc(C)cc3)CC2)CC1. The molecule has 1 saturated carbocycles. The van der Waals surface area contributed by atoms with Crippen LogP contribution in [0.3, 0.4) is 0 Å². The van der Waals surface area contributed by atoms with E-state index in [-0.39, 0.29) is 29.2 Å². The lowest BCUT2D eigenvalue weighted by Crippen LogP contribution is -2.50. The van der Waals surface area contributed by atoms with E-state index >= 15 is 0 Å². The molecule has 0 N–H and O–H groups in total. The van der Waals surface area contributed by atoms with E-state index in [0.717, 1.165) is 62.6 Å². The van der Waals surface area contributed by atoms with Gasteiger partial charge in [-0.15, -0.1) is 0 Å². The van der Waals surface area contributed by atoms with E-state index < -0.39 is 10.1 Å². The second-order valence-corrected chi connectivity index (χ2v) is 13.1. The summed E-state index contributed by atoms with van der Waals surface area (Å²) >= 11 is 0. The van der Waals surface area contributed by atoms with Gasteiger partial charge in [0.05, 0.1) is 24.3 Å². The maximum atomic E-state index is 13.8. The number of methoxy groups -OCH3 is 1. The standard InChI is InChI=1S/C33H42N4O5S/c1-26-10-16-29(17-11-26)43(39,40)42-25-27-12-14-28(15-13-27)33(38)37(32-9-5-6-18-34-32)24-21-35-19-22-36(23-20-35)30-7-3-4-8-31(30)41-2/h3-11,16-18,27-28H,12-15,19-25H2,1-2H3/t27-,28-. The number of amides is 1. The second kappa shape index (κ2) is 14.3. The van der Waals surface area contributed by atoms with Crippen molar-refractivity contribution < 1.29 is 22.1 Å². The summed E-state index contributed by atoms with van der Waals surface area (Å²) in [5.41, 5.74) is 2.11. The van der Waals surface area contributed by atoms with Gasteiger partial charge >= 0.3 is 0 Å². The van der Waals surface area contributed by atoms with Crippen molar-refractivity contribution in [2.75, 3.05) is 62.8 Å². The number of pyridine rings is 1. The number of piperazine rings is 1. The van der Waals surface area contributed by atoms with E-state index in [9.17, 15) is 13.2 Å². The molecule has 1 amide bonds. The fraction of sp³-hybridized carbons (Fsp3) is 0.455. The lowest BCUT2D eigenvalue weighted by atomic mass is 9.81. The van der Waals surface area contributed by atoms with E-state index in [1.54, 1.807) is 37.6 Å². The van der Waals surface area contributed by atoms with Crippen LogP contribution in [0.4, 0.5) is 11.5 Å². The predicted molar refractivity (Wildman–Crippen MR) is 168 cm³/mol. The largest absolute Gasteiger partial charge is 0.495 e. The summed E-state index contributed by atoms with van der Waals surface area (Å²) in [5, 5.41) is 0. The van der Waals surface area contributed by atoms with Crippen LogP contribution in [0.1, 0.15) is 31.2 Å². The molecule has 5 rings (SSSR count). The molecule has 2 heterocycles. The topological polar surface area (TPSA) is 92.3 Å². The number of ether oxygens (including phenoxy) is 1. The van der Waals surface area contributed by atoms with Crippen LogP contribution in [0.2, 0.25) is 0 Å². The van der Waals surface area contributed by atoms with Crippen LogP contribution < -0.4 is 14.5 Å². The van der Waals surface area contributed by atoms with E-state index in [0.29, 0.717) is 25.2 Å². The van der Waals surface area contributed by atoms with Crippen LogP contribution in [0.15, 0.2) is 77.8 Å². The lowest BCUT2D eigenvalue weighted by Gasteiger charge is -2.38. The Kier molecular flexibility index (Phi) is 10.3. The van der Waals surface area contributed by atoms with Crippen LogP contribution in [0.25, 0.3) is 0 Å². The van der Waals surface area contributed by atoms with Crippen molar-refractivity contribution in [3.05, 3.63) is 78.5 Å². The molecule has 1 aromatic heterocycles. The third kappa shape index (κ3) is 7.93. The Morgan fingerprint density at radius 2 is 1.63 bits per heavy atom. The zero-order valence-electron chi connectivity index (χ0n) is 25.1. The fourth-order valence-electron chi connectivity index (χ4n) is 5.95. The number of aryl methyl sites for hydroxylation is 1. The van der Waals surface area contributed by atoms with Gasteiger partial charge in [-0.2, -0.15) is 8.42 Å². The Morgan fingerprint density at radius 3 is 2.30 bits per heavy atom. The molecular formula is C33H42N4O5S. The van der Waals surface area contributed by atoms with Gasteiger partial charge in [-0.25, -0.2) is 4.98 Å². The average Bonchev–Trinajstić information content (AvgIpc) is 3.05. The second-order valence-electron chi connectivity index (χ2n) is 11.4. The first-order valence-electron chi connectivity index (χ1n) is 15.1. The van der Waals surface area contributed by atoms with Gasteiger partial charge in [0, 0.05) is 51.4 Å². The molecule has 3 aromatic rings. The first kappa shape index (κ1) is 31.0. The van der Waals surface area contributed by atoms with E-state index in [1.807, 2.05) is 48.2 Å². The van der Waals surface area contributed by atoms with Gasteiger partial charge in [-0.3, -0.25) is 18.8 Å². The summed E-state index contributed by atoms with van der Waals surface area (Å²) in [7, 11) is -2.09. The highest BCUT2D eigenvalue weighted by molar-refractivity contribution is 7.86. The van der Waals surface area contributed by atoms with Gasteiger partial charge in [0.2, 0.25) is 5.91 Å². The summed E-state index contributed by atoms with van der Waals surface area (Å²) in [5.74, 6) is 1.64. The molecule has 0 unspecified atom stereocenters. The minimum Gasteiger partial charge on any atom is -0.495 e. The minimum atomic E-state index is -3.79. The molecule has 43 heavy (non-hydrogen) atoms. The summed E-state index contributed by atoms with van der Waals surface area (Å²) in [6.07, 6.45) is 4.64. The highest BCUT2D eigenvalue weighted by Crippen LogP contribution is 2.32. The Hall–Kier alpha value is -3.47. The van der Waals surface area contributed by atoms with Crippen LogP contribution in [-0.4, -0.2) is 77.2 Å². The first-order chi connectivity index (χ1) is 20.8. The van der Waals surface area contributed by atoms with Gasteiger partial charge in [0.25, 0.3) is 10.1 Å². The fourth-order valence-corrected chi connectivity index (χ4v) is 6.93. The molecule has 1 saturated heterocycles. The van der Waals surface area contributed by atoms with E-state index in [4.69, 9.17) is 8.92 Å². The van der Waals surface area contributed by atoms with Crippen LogP contribution in [0.5, 0.6) is 5.75 Å². The van der Waals surface area contributed by atoms with Gasteiger partial charge in [-0.05, 0) is 74.9 Å². The number of aromatic nitrogens is 1. The summed E-state index contributed by atoms with van der Waals surface area (Å²) in [4.78, 5) is 25.1. The van der Waals surface area contributed by atoms with Crippen molar-refractivity contribution in [2.24, 2.45) is 11.8 Å². The number of hydrogen-bond donors (Lipinski definition) is 0. The number of rotatable bonds is 11. The van der Waals surface area contributed by atoms with Crippen LogP contribution in [0, 0.1) is 18.8 Å². The highest BCUT2D eigenvalue weighted by Gasteiger charge is 2.32. The molecule has 0 atom stereocenters. The Labute approximate surface area is 255 Å². The molecule has 2 fully saturated rings. The maximum absolute atomic E-state index is 13.8. The highest BCUT2D eigenvalue weighted by atomic mass is 32.2. The normalized spacial score (nSPS) is 19.6. The van der Waals surface area contributed by atoms with Crippen molar-refractivity contribution in [2.45, 2.75) is 37.5 Å². The average molecular weight is 607 g/mol. The summed E-state index contributed by atoms with van der Waals surface area (Å²) in [6, 6.07) is 20.5. The number of anilines is 2. The summed E-state index contributed by atoms with van der Waals surface area (Å²) in [6.45, 7) is 6.98. The van der Waals surface area contributed by atoms with Gasteiger partial charge < -0.3 is 9.64 Å². The van der Waals surface area contributed by atoms with E-state index in [1.165, 1.54) is 0 Å². The predicted octanol–water partition coefficient (Wildman–Crippen LogP) is 4.77. The lowest BCUT2D eigenvalue weighted by molar-refractivity contribution is -0.123. The van der Waals surface area contributed by atoms with Crippen molar-refractivity contribution in [1.82, 2.24) is 9.88 Å². The Morgan fingerprint density at radius 1 is 0.930 bits per heavy atom. The van der Waals surface area contributed by atoms with Crippen LogP contribution in [-0.2, 0) is 19.1 Å². The van der Waals surface area contributed by atoms with Crippen molar-refractivity contribution in [3.63, 3.8) is 0 Å². The number of nitrogens with zero attached hydrogens (tertiary/aromatic N) is 4. The molecule has 1 aliphatic carbocycles. The number of benzene rings is 2. The molecule has 230 valence electrons. The number of carbonyl (C=O) groups excluding carboxylic acids is 1. The van der Waals surface area contributed by atoms with Gasteiger partial charge in [0.15, 0.2) is 0 Å². The van der Waals surface area contributed by atoms with Crippen molar-refractivity contribution in [1.29, 1.82) is 0 Å². The van der Waals surface area contributed by atoms with Crippen molar-refractivity contribution in [3.8, 4) is 5.75 Å².